The van der Waals surface area contributed by atoms with E-state index in [9.17, 15) is 9.59 Å². The first-order chi connectivity index (χ1) is 14.4. The third-order valence-corrected chi connectivity index (χ3v) is 6.14. The van der Waals surface area contributed by atoms with Crippen LogP contribution in [-0.4, -0.2) is 15.5 Å². The minimum Gasteiger partial charge on any atom is -0.325 e. The smallest absolute Gasteiger partial charge is 0.262 e. The van der Waals surface area contributed by atoms with Gasteiger partial charge in [-0.1, -0.05) is 53.0 Å². The van der Waals surface area contributed by atoms with Crippen molar-refractivity contribution in [1.82, 2.24) is 9.55 Å². The first-order valence-electron chi connectivity index (χ1n) is 9.21. The summed E-state index contributed by atoms with van der Waals surface area (Å²) in [6, 6.07) is 12.9. The van der Waals surface area contributed by atoms with E-state index in [2.05, 4.69) is 10.3 Å². The van der Waals surface area contributed by atoms with Crippen molar-refractivity contribution in [3.8, 4) is 11.1 Å². The zero-order valence-corrected chi connectivity index (χ0v) is 18.3. The van der Waals surface area contributed by atoms with Crippen LogP contribution >= 0.6 is 34.5 Å². The first-order valence-corrected chi connectivity index (χ1v) is 10.8. The highest BCUT2D eigenvalue weighted by atomic mass is 35.5. The van der Waals surface area contributed by atoms with Crippen LogP contribution in [0.3, 0.4) is 0 Å². The first kappa shape index (κ1) is 20.6. The van der Waals surface area contributed by atoms with Crippen LogP contribution < -0.4 is 10.9 Å². The highest BCUT2D eigenvalue weighted by Gasteiger charge is 2.14. The molecule has 0 saturated heterocycles. The van der Waals surface area contributed by atoms with Gasteiger partial charge in [-0.05, 0) is 30.7 Å². The Bertz CT molecular complexity index is 1300. The highest BCUT2D eigenvalue weighted by molar-refractivity contribution is 7.17. The Morgan fingerprint density at radius 2 is 1.93 bits per heavy atom. The molecule has 0 aliphatic carbocycles. The van der Waals surface area contributed by atoms with Crippen molar-refractivity contribution < 1.29 is 4.79 Å². The molecule has 1 N–H and O–H groups in total. The largest absolute Gasteiger partial charge is 0.325 e. The zero-order valence-electron chi connectivity index (χ0n) is 16.0. The quantitative estimate of drug-likeness (QED) is 0.413. The van der Waals surface area contributed by atoms with Gasteiger partial charge < -0.3 is 5.32 Å². The second-order valence-corrected chi connectivity index (χ2v) is 8.56. The number of hydrogen-bond donors (Lipinski definition) is 1. The van der Waals surface area contributed by atoms with Crippen molar-refractivity contribution in [1.29, 1.82) is 0 Å². The number of halogens is 2. The Kier molecular flexibility index (Phi) is 5.90. The Balaban J connectivity index is 1.55. The van der Waals surface area contributed by atoms with Crippen LogP contribution in [-0.2, 0) is 11.3 Å². The number of rotatable bonds is 5. The Morgan fingerprint density at radius 3 is 2.67 bits per heavy atom. The van der Waals surface area contributed by atoms with E-state index in [0.29, 0.717) is 25.9 Å². The number of carbonyl (C=O) groups excluding carboxylic acids is 1. The molecule has 0 bridgehead atoms. The molecule has 0 saturated carbocycles. The molecule has 30 heavy (non-hydrogen) atoms. The standard InChI is InChI=1S/C22H17Cl2N3O2S/c1-13-2-4-14(5-3-13)16-11-30-21-20(16)22(29)27(12-25-21)9-8-19(28)26-18-7-6-15(23)10-17(18)24/h2-7,10-12H,8-9H2,1H3,(H,26,28). The molecule has 1 amide bonds. The van der Waals surface area contributed by atoms with Gasteiger partial charge >= 0.3 is 0 Å². The molecule has 8 heteroatoms. The average Bonchev–Trinajstić information content (AvgIpc) is 3.15. The van der Waals surface area contributed by atoms with Gasteiger partial charge in [-0.2, -0.15) is 0 Å². The summed E-state index contributed by atoms with van der Waals surface area (Å²) in [6.07, 6.45) is 1.60. The summed E-state index contributed by atoms with van der Waals surface area (Å²) in [7, 11) is 0. The van der Waals surface area contributed by atoms with E-state index >= 15 is 0 Å². The Labute approximate surface area is 186 Å². The van der Waals surface area contributed by atoms with Gasteiger partial charge in [-0.3, -0.25) is 14.2 Å². The third-order valence-electron chi connectivity index (χ3n) is 4.71. The van der Waals surface area contributed by atoms with Crippen molar-refractivity contribution >= 4 is 56.3 Å². The number of amides is 1. The second kappa shape index (κ2) is 8.60. The predicted octanol–water partition coefficient (Wildman–Crippen LogP) is 5.77. The van der Waals surface area contributed by atoms with Gasteiger partial charge in [0, 0.05) is 28.9 Å². The summed E-state index contributed by atoms with van der Waals surface area (Å²) in [5.41, 5.74) is 3.30. The minimum absolute atomic E-state index is 0.107. The van der Waals surface area contributed by atoms with E-state index in [1.807, 2.05) is 36.6 Å². The average molecular weight is 458 g/mol. The van der Waals surface area contributed by atoms with E-state index in [0.717, 1.165) is 16.7 Å². The molecule has 4 aromatic rings. The number of hydrogen-bond acceptors (Lipinski definition) is 4. The second-order valence-electron chi connectivity index (χ2n) is 6.86. The molecule has 0 radical (unpaired) electrons. The summed E-state index contributed by atoms with van der Waals surface area (Å²) in [4.78, 5) is 30.5. The lowest BCUT2D eigenvalue weighted by molar-refractivity contribution is -0.116. The lowest BCUT2D eigenvalue weighted by Crippen LogP contribution is -2.23. The molecular formula is C22H17Cl2N3O2S. The molecule has 4 rings (SSSR count). The van der Waals surface area contributed by atoms with Crippen LogP contribution in [0.2, 0.25) is 10.0 Å². The lowest BCUT2D eigenvalue weighted by atomic mass is 10.1. The van der Waals surface area contributed by atoms with Crippen molar-refractivity contribution in [2.75, 3.05) is 5.32 Å². The Hall–Kier alpha value is -2.67. The van der Waals surface area contributed by atoms with Gasteiger partial charge in [0.2, 0.25) is 5.91 Å². The maximum atomic E-state index is 13.1. The molecule has 152 valence electrons. The maximum Gasteiger partial charge on any atom is 0.262 e. The van der Waals surface area contributed by atoms with Crippen LogP contribution in [0, 0.1) is 6.92 Å². The predicted molar refractivity (Wildman–Crippen MR) is 124 cm³/mol. The zero-order chi connectivity index (χ0) is 21.3. The summed E-state index contributed by atoms with van der Waals surface area (Å²) in [5, 5.41) is 6.11. The lowest BCUT2D eigenvalue weighted by Gasteiger charge is -2.09. The fraction of sp³-hybridized carbons (Fsp3) is 0.136. The topological polar surface area (TPSA) is 64.0 Å². The number of carbonyl (C=O) groups is 1. The fourth-order valence-electron chi connectivity index (χ4n) is 3.10. The third kappa shape index (κ3) is 4.26. The molecule has 5 nitrogen and oxygen atoms in total. The molecule has 0 fully saturated rings. The summed E-state index contributed by atoms with van der Waals surface area (Å²) >= 11 is 13.4. The molecule has 0 aliphatic heterocycles. The van der Waals surface area contributed by atoms with Crippen LogP contribution in [0.15, 0.2) is 59.0 Å². The number of nitrogens with one attached hydrogen (secondary N) is 1. The fourth-order valence-corrected chi connectivity index (χ4v) is 4.46. The number of aromatic nitrogens is 2. The van der Waals surface area contributed by atoms with Gasteiger partial charge in [-0.25, -0.2) is 4.98 Å². The Morgan fingerprint density at radius 1 is 1.17 bits per heavy atom. The van der Waals surface area contributed by atoms with E-state index in [1.54, 1.807) is 18.2 Å². The van der Waals surface area contributed by atoms with Gasteiger partial charge in [0.1, 0.15) is 4.83 Å². The molecule has 0 spiro atoms. The summed E-state index contributed by atoms with van der Waals surface area (Å²) < 4.78 is 1.47. The number of anilines is 1. The van der Waals surface area contributed by atoms with Crippen LogP contribution in [0.25, 0.3) is 21.3 Å². The van der Waals surface area contributed by atoms with Gasteiger partial charge in [0.15, 0.2) is 0 Å². The van der Waals surface area contributed by atoms with Gasteiger partial charge in [-0.15, -0.1) is 11.3 Å². The van der Waals surface area contributed by atoms with Crippen LogP contribution in [0.4, 0.5) is 5.69 Å². The number of aryl methyl sites for hydroxylation is 2. The van der Waals surface area contributed by atoms with Crippen molar-refractivity contribution in [2.45, 2.75) is 19.9 Å². The monoisotopic (exact) mass is 457 g/mol. The van der Waals surface area contributed by atoms with Crippen molar-refractivity contribution in [3.63, 3.8) is 0 Å². The molecule has 0 aliphatic rings. The maximum absolute atomic E-state index is 13.1. The number of thiophene rings is 1. The molecule has 2 aromatic carbocycles. The van der Waals surface area contributed by atoms with E-state index in [4.69, 9.17) is 23.2 Å². The highest BCUT2D eigenvalue weighted by Crippen LogP contribution is 2.30. The number of fused-ring (bicyclic) bond motifs is 1. The molecule has 0 atom stereocenters. The van der Waals surface area contributed by atoms with E-state index < -0.39 is 0 Å². The van der Waals surface area contributed by atoms with Gasteiger partial charge in [0.05, 0.1) is 22.4 Å². The van der Waals surface area contributed by atoms with Gasteiger partial charge in [0.25, 0.3) is 5.56 Å². The van der Waals surface area contributed by atoms with E-state index in [-0.39, 0.29) is 24.4 Å². The van der Waals surface area contributed by atoms with E-state index in [1.165, 1.54) is 22.2 Å². The van der Waals surface area contributed by atoms with Crippen molar-refractivity contribution in [2.24, 2.45) is 0 Å². The summed E-state index contributed by atoms with van der Waals surface area (Å²) in [5.74, 6) is -0.254. The number of nitrogens with zero attached hydrogens (tertiary/aromatic N) is 2. The molecular weight excluding hydrogens is 441 g/mol. The molecule has 2 aromatic heterocycles. The van der Waals surface area contributed by atoms with Crippen molar-refractivity contribution in [3.05, 3.63) is 80.1 Å². The van der Waals surface area contributed by atoms with Crippen LogP contribution in [0.5, 0.6) is 0 Å². The summed E-state index contributed by atoms with van der Waals surface area (Å²) in [6.45, 7) is 2.23. The normalized spacial score (nSPS) is 11.0. The SMILES string of the molecule is Cc1ccc(-c2csc3ncn(CCC(=O)Nc4ccc(Cl)cc4Cl)c(=O)c23)cc1. The van der Waals surface area contributed by atoms with Crippen LogP contribution in [0.1, 0.15) is 12.0 Å². The molecule has 2 heterocycles. The number of benzene rings is 2. The molecule has 0 unspecified atom stereocenters. The minimum atomic E-state index is -0.254.